The van der Waals surface area contributed by atoms with Gasteiger partial charge in [0.1, 0.15) is 0 Å². The molecular formula is C14H20N2O3. The van der Waals surface area contributed by atoms with Crippen molar-refractivity contribution < 1.29 is 14.8 Å². The SMILES string of the molecule is NC(=O)CCCCCCC(=O)N(O)c1ccccc1. The molecule has 3 N–H and O–H groups in total. The molecular weight excluding hydrogens is 244 g/mol. The number of hydrogen-bond donors (Lipinski definition) is 2. The molecule has 0 aromatic heterocycles. The summed E-state index contributed by atoms with van der Waals surface area (Å²) in [5.74, 6) is -0.609. The van der Waals surface area contributed by atoms with Crippen LogP contribution in [0, 0.1) is 0 Å². The Bertz CT molecular complexity index is 406. The van der Waals surface area contributed by atoms with Crippen molar-refractivity contribution in [2.24, 2.45) is 5.73 Å². The highest BCUT2D eigenvalue weighted by Gasteiger charge is 2.11. The van der Waals surface area contributed by atoms with E-state index in [2.05, 4.69) is 0 Å². The van der Waals surface area contributed by atoms with E-state index in [1.54, 1.807) is 24.3 Å². The zero-order valence-electron chi connectivity index (χ0n) is 10.9. The average molecular weight is 264 g/mol. The van der Waals surface area contributed by atoms with Gasteiger partial charge in [-0.15, -0.1) is 0 Å². The molecule has 0 radical (unpaired) electrons. The molecule has 0 aliphatic carbocycles. The van der Waals surface area contributed by atoms with Gasteiger partial charge in [0.2, 0.25) is 5.91 Å². The fraction of sp³-hybridized carbons (Fsp3) is 0.429. The highest BCUT2D eigenvalue weighted by Crippen LogP contribution is 2.13. The number of nitrogens with zero attached hydrogens (tertiary/aromatic N) is 1. The van der Waals surface area contributed by atoms with E-state index in [1.807, 2.05) is 6.07 Å². The van der Waals surface area contributed by atoms with Crippen molar-refractivity contribution in [2.45, 2.75) is 38.5 Å². The second-order valence-electron chi connectivity index (χ2n) is 4.42. The molecule has 19 heavy (non-hydrogen) atoms. The molecule has 0 unspecified atom stereocenters. The van der Waals surface area contributed by atoms with Crippen LogP contribution < -0.4 is 10.8 Å². The Labute approximate surface area is 113 Å². The van der Waals surface area contributed by atoms with Crippen molar-refractivity contribution in [1.82, 2.24) is 0 Å². The zero-order valence-corrected chi connectivity index (χ0v) is 10.9. The Hall–Kier alpha value is -1.88. The Balaban J connectivity index is 2.19. The minimum atomic E-state index is -0.318. The Morgan fingerprint density at radius 3 is 2.16 bits per heavy atom. The smallest absolute Gasteiger partial charge is 0.250 e. The highest BCUT2D eigenvalue weighted by atomic mass is 16.5. The third kappa shape index (κ3) is 6.01. The molecule has 0 heterocycles. The number of carbonyl (C=O) groups excluding carboxylic acids is 2. The van der Waals surface area contributed by atoms with Crippen LogP contribution in [0.2, 0.25) is 0 Å². The molecule has 5 heteroatoms. The van der Waals surface area contributed by atoms with E-state index >= 15 is 0 Å². The molecule has 2 amide bonds. The fourth-order valence-corrected chi connectivity index (χ4v) is 1.75. The standard InChI is InChI=1S/C14H20N2O3/c15-13(17)10-6-1-2-7-11-14(18)16(19)12-8-4-3-5-9-12/h3-5,8-9,19H,1-2,6-7,10-11H2,(H2,15,17). The maximum atomic E-state index is 11.7. The normalized spacial score (nSPS) is 10.2. The summed E-state index contributed by atoms with van der Waals surface area (Å²) in [6, 6.07) is 8.68. The monoisotopic (exact) mass is 264 g/mol. The van der Waals surface area contributed by atoms with Crippen LogP contribution in [0.3, 0.4) is 0 Å². The van der Waals surface area contributed by atoms with Gasteiger partial charge < -0.3 is 5.73 Å². The number of primary amides is 1. The van der Waals surface area contributed by atoms with E-state index < -0.39 is 0 Å². The molecule has 104 valence electrons. The molecule has 0 bridgehead atoms. The number of anilines is 1. The number of hydroxylamine groups is 1. The Kier molecular flexibility index (Phi) is 6.60. The predicted molar refractivity (Wildman–Crippen MR) is 72.6 cm³/mol. The second-order valence-corrected chi connectivity index (χ2v) is 4.42. The number of unbranched alkanes of at least 4 members (excludes halogenated alkanes) is 3. The van der Waals surface area contributed by atoms with Gasteiger partial charge in [-0.1, -0.05) is 31.0 Å². The summed E-state index contributed by atoms with van der Waals surface area (Å²) in [7, 11) is 0. The van der Waals surface area contributed by atoms with Gasteiger partial charge in [0, 0.05) is 12.8 Å². The molecule has 1 aromatic carbocycles. The topological polar surface area (TPSA) is 83.6 Å². The summed E-state index contributed by atoms with van der Waals surface area (Å²) in [5.41, 5.74) is 5.50. The maximum Gasteiger partial charge on any atom is 0.250 e. The van der Waals surface area contributed by atoms with Gasteiger partial charge >= 0.3 is 0 Å². The largest absolute Gasteiger partial charge is 0.370 e. The van der Waals surface area contributed by atoms with Gasteiger partial charge in [-0.05, 0) is 25.0 Å². The molecule has 0 atom stereocenters. The fourth-order valence-electron chi connectivity index (χ4n) is 1.75. The summed E-state index contributed by atoms with van der Waals surface area (Å²) in [6.07, 6.45) is 3.85. The number of rotatable bonds is 8. The van der Waals surface area contributed by atoms with Crippen LogP contribution in [-0.4, -0.2) is 17.0 Å². The average Bonchev–Trinajstić information content (AvgIpc) is 2.42. The summed E-state index contributed by atoms with van der Waals surface area (Å²) < 4.78 is 0. The lowest BCUT2D eigenvalue weighted by Crippen LogP contribution is -2.26. The number of nitrogens with two attached hydrogens (primary N) is 1. The molecule has 1 aromatic rings. The van der Waals surface area contributed by atoms with Crippen LogP contribution in [0.15, 0.2) is 30.3 Å². The van der Waals surface area contributed by atoms with Crippen LogP contribution in [0.5, 0.6) is 0 Å². The number of carbonyl (C=O) groups is 2. The molecule has 1 rings (SSSR count). The summed E-state index contributed by atoms with van der Waals surface area (Å²) in [4.78, 5) is 22.2. The van der Waals surface area contributed by atoms with Crippen molar-refractivity contribution in [3.05, 3.63) is 30.3 Å². The number of amides is 2. The molecule has 0 aliphatic rings. The third-order valence-electron chi connectivity index (χ3n) is 2.80. The van der Waals surface area contributed by atoms with E-state index in [4.69, 9.17) is 5.73 Å². The second kappa shape index (κ2) is 8.26. The quantitative estimate of drug-likeness (QED) is 0.429. The molecule has 0 fully saturated rings. The summed E-state index contributed by atoms with van der Waals surface area (Å²) >= 11 is 0. The van der Waals surface area contributed by atoms with Gasteiger partial charge in [0.15, 0.2) is 0 Å². The highest BCUT2D eigenvalue weighted by molar-refractivity contribution is 5.90. The summed E-state index contributed by atoms with van der Waals surface area (Å²) in [6.45, 7) is 0. The van der Waals surface area contributed by atoms with Crippen LogP contribution >= 0.6 is 0 Å². The van der Waals surface area contributed by atoms with Gasteiger partial charge in [-0.3, -0.25) is 14.8 Å². The lowest BCUT2D eigenvalue weighted by Gasteiger charge is -2.14. The van der Waals surface area contributed by atoms with Crippen LogP contribution in [-0.2, 0) is 9.59 Å². The lowest BCUT2D eigenvalue weighted by molar-refractivity contribution is -0.123. The van der Waals surface area contributed by atoms with Gasteiger partial charge in [0.05, 0.1) is 5.69 Å². The van der Waals surface area contributed by atoms with E-state index in [-0.39, 0.29) is 11.8 Å². The zero-order chi connectivity index (χ0) is 14.1. The minimum Gasteiger partial charge on any atom is -0.370 e. The number of benzene rings is 1. The maximum absolute atomic E-state index is 11.7. The van der Waals surface area contributed by atoms with E-state index in [9.17, 15) is 14.8 Å². The Morgan fingerprint density at radius 1 is 1.00 bits per heavy atom. The van der Waals surface area contributed by atoms with Crippen molar-refractivity contribution in [2.75, 3.05) is 5.06 Å². The first kappa shape index (κ1) is 15.2. The van der Waals surface area contributed by atoms with Gasteiger partial charge in [-0.2, -0.15) is 5.06 Å². The molecule has 0 saturated heterocycles. The van der Waals surface area contributed by atoms with Crippen LogP contribution in [0.1, 0.15) is 38.5 Å². The Morgan fingerprint density at radius 2 is 1.58 bits per heavy atom. The van der Waals surface area contributed by atoms with Crippen LogP contribution in [0.4, 0.5) is 5.69 Å². The van der Waals surface area contributed by atoms with Crippen molar-refractivity contribution in [3.63, 3.8) is 0 Å². The molecule has 0 aliphatic heterocycles. The van der Waals surface area contributed by atoms with E-state index in [1.165, 1.54) is 0 Å². The lowest BCUT2D eigenvalue weighted by atomic mass is 10.1. The van der Waals surface area contributed by atoms with Gasteiger partial charge in [0.25, 0.3) is 5.91 Å². The van der Waals surface area contributed by atoms with Gasteiger partial charge in [-0.25, -0.2) is 0 Å². The van der Waals surface area contributed by atoms with Crippen molar-refractivity contribution in [1.29, 1.82) is 0 Å². The predicted octanol–water partition coefficient (Wildman–Crippen LogP) is 2.23. The van der Waals surface area contributed by atoms with E-state index in [0.717, 1.165) is 19.3 Å². The van der Waals surface area contributed by atoms with Crippen LogP contribution in [0.25, 0.3) is 0 Å². The minimum absolute atomic E-state index is 0.290. The first-order valence-electron chi connectivity index (χ1n) is 6.46. The molecule has 0 spiro atoms. The number of para-hydroxylation sites is 1. The summed E-state index contributed by atoms with van der Waals surface area (Å²) in [5, 5.41) is 10.4. The first-order valence-corrected chi connectivity index (χ1v) is 6.46. The number of hydrogen-bond acceptors (Lipinski definition) is 3. The van der Waals surface area contributed by atoms with Crippen molar-refractivity contribution in [3.8, 4) is 0 Å². The van der Waals surface area contributed by atoms with E-state index in [0.29, 0.717) is 30.0 Å². The molecule has 5 nitrogen and oxygen atoms in total. The van der Waals surface area contributed by atoms with Crippen molar-refractivity contribution >= 4 is 17.5 Å². The third-order valence-corrected chi connectivity index (χ3v) is 2.80. The first-order chi connectivity index (χ1) is 9.11. The molecule has 0 saturated carbocycles.